The first-order valence-corrected chi connectivity index (χ1v) is 26.2. The van der Waals surface area contributed by atoms with E-state index in [0.29, 0.717) is 13.0 Å². The second-order valence-corrected chi connectivity index (χ2v) is 18.3. The lowest BCUT2D eigenvalue weighted by Crippen LogP contribution is -2.61. The number of unbranched alkanes of at least 4 members (excludes halogenated alkanes) is 19. The molecule has 2 rings (SSSR count). The molecule has 0 saturated carbocycles. The van der Waals surface area contributed by atoms with Gasteiger partial charge in [0.25, 0.3) is 0 Å². The van der Waals surface area contributed by atoms with Crippen LogP contribution in [-0.2, 0) is 33.2 Å². The Morgan fingerprint density at radius 3 is 1.54 bits per heavy atom. The SMILES string of the molecule is CC/C=C\C/C=C\C/C=C\CCCCCCCCOCC(COC1OC(COC2OC(CO)C(O)C(O)C2O)C(O)C(O)C1O)OC(=O)CCCCCCCCC/C=C\CCCCCCCC. The monoisotopic (exact) mass is 955 g/mol. The Hall–Kier alpha value is -2.05. The summed E-state index contributed by atoms with van der Waals surface area (Å²) >= 11 is 0. The molecule has 0 aromatic heterocycles. The maximum atomic E-state index is 13.0. The van der Waals surface area contributed by atoms with Gasteiger partial charge in [0.15, 0.2) is 12.6 Å². The number of hydrogen-bond donors (Lipinski definition) is 7. The van der Waals surface area contributed by atoms with Gasteiger partial charge in [0, 0.05) is 13.0 Å². The van der Waals surface area contributed by atoms with Crippen LogP contribution in [0.15, 0.2) is 48.6 Å². The van der Waals surface area contributed by atoms with Crippen molar-refractivity contribution in [3.05, 3.63) is 48.6 Å². The predicted octanol–water partition coefficient (Wildman–Crippen LogP) is 7.96. The highest BCUT2D eigenvalue weighted by Gasteiger charge is 2.47. The zero-order chi connectivity index (χ0) is 48.7. The lowest BCUT2D eigenvalue weighted by Gasteiger charge is -2.42. The Kier molecular flexibility index (Phi) is 37.1. The fraction of sp³-hybridized carbons (Fsp3) is 0.830. The Labute approximate surface area is 403 Å². The average Bonchev–Trinajstić information content (AvgIpc) is 3.32. The summed E-state index contributed by atoms with van der Waals surface area (Å²) in [4.78, 5) is 13.0. The van der Waals surface area contributed by atoms with Gasteiger partial charge in [-0.1, -0.05) is 152 Å². The van der Waals surface area contributed by atoms with E-state index in [2.05, 4.69) is 62.5 Å². The van der Waals surface area contributed by atoms with Gasteiger partial charge in [-0.3, -0.25) is 4.79 Å². The van der Waals surface area contributed by atoms with Crippen LogP contribution in [0, 0.1) is 0 Å². The second kappa shape index (κ2) is 40.7. The van der Waals surface area contributed by atoms with Crippen molar-refractivity contribution in [1.82, 2.24) is 0 Å². The molecule has 2 saturated heterocycles. The Morgan fingerprint density at radius 2 is 0.970 bits per heavy atom. The predicted molar refractivity (Wildman–Crippen MR) is 261 cm³/mol. The molecule has 14 heteroatoms. The van der Waals surface area contributed by atoms with Gasteiger partial charge in [-0.05, 0) is 70.6 Å². The van der Waals surface area contributed by atoms with E-state index in [1.54, 1.807) is 0 Å². The highest BCUT2D eigenvalue weighted by molar-refractivity contribution is 5.69. The number of aliphatic hydroxyl groups is 7. The molecule has 11 atom stereocenters. The van der Waals surface area contributed by atoms with Crippen molar-refractivity contribution < 1.29 is 69.0 Å². The number of hydrogen-bond acceptors (Lipinski definition) is 14. The average molecular weight is 955 g/mol. The summed E-state index contributed by atoms with van der Waals surface area (Å²) in [6.45, 7) is 3.54. The molecule has 2 aliphatic heterocycles. The van der Waals surface area contributed by atoms with E-state index < -0.39 is 80.7 Å². The molecular weight excluding hydrogens is 861 g/mol. The first kappa shape index (κ1) is 61.1. The molecule has 2 heterocycles. The summed E-state index contributed by atoms with van der Waals surface area (Å²) in [5, 5.41) is 72.1. The lowest BCUT2D eigenvalue weighted by molar-refractivity contribution is -0.332. The molecule has 2 aliphatic rings. The smallest absolute Gasteiger partial charge is 0.306 e. The fourth-order valence-electron chi connectivity index (χ4n) is 8.06. The summed E-state index contributed by atoms with van der Waals surface area (Å²) in [6, 6.07) is 0. The van der Waals surface area contributed by atoms with E-state index in [1.807, 2.05) is 0 Å². The van der Waals surface area contributed by atoms with Crippen molar-refractivity contribution >= 4 is 5.97 Å². The Morgan fingerprint density at radius 1 is 0.507 bits per heavy atom. The fourth-order valence-corrected chi connectivity index (χ4v) is 8.06. The van der Waals surface area contributed by atoms with Gasteiger partial charge in [-0.25, -0.2) is 0 Å². The van der Waals surface area contributed by atoms with Gasteiger partial charge in [0.2, 0.25) is 0 Å². The van der Waals surface area contributed by atoms with Gasteiger partial charge >= 0.3 is 5.97 Å². The molecule has 0 aromatic carbocycles. The number of allylic oxidation sites excluding steroid dienone is 8. The molecule has 0 spiro atoms. The molecule has 390 valence electrons. The first-order chi connectivity index (χ1) is 32.6. The molecular formula is C53H94O14. The van der Waals surface area contributed by atoms with Crippen LogP contribution >= 0.6 is 0 Å². The normalized spacial score (nSPS) is 26.5. The molecule has 14 nitrogen and oxygen atoms in total. The first-order valence-electron chi connectivity index (χ1n) is 26.2. The molecule has 0 bridgehead atoms. The zero-order valence-electron chi connectivity index (χ0n) is 41.4. The number of ether oxygens (including phenoxy) is 6. The van der Waals surface area contributed by atoms with E-state index in [0.717, 1.165) is 77.0 Å². The van der Waals surface area contributed by atoms with Crippen molar-refractivity contribution in [2.24, 2.45) is 0 Å². The Balaban J connectivity index is 1.77. The molecule has 7 N–H and O–H groups in total. The number of esters is 1. The highest BCUT2D eigenvalue weighted by atomic mass is 16.7. The van der Waals surface area contributed by atoms with E-state index in [-0.39, 0.29) is 25.6 Å². The topological polar surface area (TPSA) is 214 Å². The van der Waals surface area contributed by atoms with Crippen LogP contribution < -0.4 is 0 Å². The molecule has 67 heavy (non-hydrogen) atoms. The van der Waals surface area contributed by atoms with Gasteiger partial charge < -0.3 is 64.2 Å². The summed E-state index contributed by atoms with van der Waals surface area (Å²) in [7, 11) is 0. The number of rotatable bonds is 41. The molecule has 0 radical (unpaired) electrons. The lowest BCUT2D eigenvalue weighted by atomic mass is 9.98. The highest BCUT2D eigenvalue weighted by Crippen LogP contribution is 2.26. The van der Waals surface area contributed by atoms with Crippen molar-refractivity contribution in [2.45, 2.75) is 248 Å². The Bertz CT molecular complexity index is 1290. The van der Waals surface area contributed by atoms with Gasteiger partial charge in [0.05, 0.1) is 26.4 Å². The zero-order valence-corrected chi connectivity index (χ0v) is 41.4. The van der Waals surface area contributed by atoms with Gasteiger partial charge in [0.1, 0.15) is 54.9 Å². The summed E-state index contributed by atoms with van der Waals surface area (Å²) in [5.41, 5.74) is 0. The standard InChI is InChI=1S/C53H94O14/c1-3-5-7-9-11-13-15-17-19-21-22-24-26-28-30-32-34-36-45(55)65-42(39-62-37-35-33-31-29-27-25-23-20-18-16-14-12-10-8-6-4-2)40-63-52-51(61)49(59)47(57)44(67-52)41-64-53-50(60)48(58)46(56)43(38-54)66-53/h6,8,12,14,17-20,42-44,46-54,56-61H,3-5,7,9-11,13,15-16,21-41H2,1-2H3/b8-6-,14-12-,19-17-,20-18-. The minimum atomic E-state index is -1.71. The third-order valence-electron chi connectivity index (χ3n) is 12.3. The quantitative estimate of drug-likeness (QED) is 0.0176. The van der Waals surface area contributed by atoms with Crippen molar-refractivity contribution in [2.75, 3.05) is 33.0 Å². The van der Waals surface area contributed by atoms with Crippen LogP contribution in [0.1, 0.15) is 181 Å². The van der Waals surface area contributed by atoms with E-state index >= 15 is 0 Å². The largest absolute Gasteiger partial charge is 0.457 e. The van der Waals surface area contributed by atoms with Crippen molar-refractivity contribution in [3.63, 3.8) is 0 Å². The third-order valence-corrected chi connectivity index (χ3v) is 12.3. The van der Waals surface area contributed by atoms with Gasteiger partial charge in [-0.15, -0.1) is 0 Å². The van der Waals surface area contributed by atoms with Crippen LogP contribution in [0.5, 0.6) is 0 Å². The minimum absolute atomic E-state index is 0.0502. The van der Waals surface area contributed by atoms with Crippen LogP contribution in [0.3, 0.4) is 0 Å². The number of carbonyl (C=O) groups excluding carboxylic acids is 1. The molecule has 0 aromatic rings. The summed E-state index contributed by atoms with van der Waals surface area (Å²) < 4.78 is 34.3. The van der Waals surface area contributed by atoms with E-state index in [4.69, 9.17) is 28.4 Å². The maximum Gasteiger partial charge on any atom is 0.306 e. The number of carbonyl (C=O) groups is 1. The molecule has 0 aliphatic carbocycles. The summed E-state index contributed by atoms with van der Waals surface area (Å²) in [6.07, 6.45) is 30.2. The van der Waals surface area contributed by atoms with Crippen molar-refractivity contribution in [1.29, 1.82) is 0 Å². The summed E-state index contributed by atoms with van der Waals surface area (Å²) in [5.74, 6) is -0.387. The van der Waals surface area contributed by atoms with E-state index in [9.17, 15) is 40.5 Å². The molecule has 2 fully saturated rings. The van der Waals surface area contributed by atoms with Crippen molar-refractivity contribution in [3.8, 4) is 0 Å². The minimum Gasteiger partial charge on any atom is -0.457 e. The van der Waals surface area contributed by atoms with Gasteiger partial charge in [-0.2, -0.15) is 0 Å². The number of aliphatic hydroxyl groups excluding tert-OH is 7. The molecule has 0 amide bonds. The van der Waals surface area contributed by atoms with Crippen LogP contribution in [0.4, 0.5) is 0 Å². The van der Waals surface area contributed by atoms with Crippen LogP contribution in [-0.4, -0.2) is 142 Å². The van der Waals surface area contributed by atoms with Crippen LogP contribution in [0.25, 0.3) is 0 Å². The third kappa shape index (κ3) is 28.4. The maximum absolute atomic E-state index is 13.0. The molecule has 11 unspecified atom stereocenters. The van der Waals surface area contributed by atoms with Crippen LogP contribution in [0.2, 0.25) is 0 Å². The second-order valence-electron chi connectivity index (χ2n) is 18.3. The van der Waals surface area contributed by atoms with E-state index in [1.165, 1.54) is 77.0 Å².